The van der Waals surface area contributed by atoms with Crippen molar-refractivity contribution in [1.29, 1.82) is 0 Å². The molecule has 0 aliphatic carbocycles. The second-order valence-electron chi connectivity index (χ2n) is 9.24. The van der Waals surface area contributed by atoms with Gasteiger partial charge >= 0.3 is 0 Å². The number of anilines is 1. The van der Waals surface area contributed by atoms with Crippen LogP contribution in [0.15, 0.2) is 72.3 Å². The highest BCUT2D eigenvalue weighted by Crippen LogP contribution is 2.42. The molecule has 5 nitrogen and oxygen atoms in total. The van der Waals surface area contributed by atoms with Gasteiger partial charge < -0.3 is 9.84 Å². The number of amides is 1. The van der Waals surface area contributed by atoms with E-state index < -0.39 is 23.5 Å². The summed E-state index contributed by atoms with van der Waals surface area (Å²) in [6, 6.07) is 17.7. The molecule has 1 saturated heterocycles. The summed E-state index contributed by atoms with van der Waals surface area (Å²) in [7, 11) is 0. The number of benzene rings is 3. The third-order valence-electron chi connectivity index (χ3n) is 5.97. The molecule has 3 aromatic carbocycles. The number of rotatable bonds is 6. The predicted molar refractivity (Wildman–Crippen MR) is 134 cm³/mol. The quantitative estimate of drug-likeness (QED) is 0.267. The number of hydrogen-bond acceptors (Lipinski definition) is 4. The number of ketones is 1. The Morgan fingerprint density at radius 1 is 1.00 bits per heavy atom. The van der Waals surface area contributed by atoms with Gasteiger partial charge in [-0.05, 0) is 73.4 Å². The molecule has 4 rings (SSSR count). The fourth-order valence-corrected chi connectivity index (χ4v) is 4.08. The summed E-state index contributed by atoms with van der Waals surface area (Å²) in [5.41, 5.74) is 2.74. The Kier molecular flexibility index (Phi) is 6.74. The molecule has 1 N–H and O–H groups in total. The molecule has 1 heterocycles. The topological polar surface area (TPSA) is 66.8 Å². The van der Waals surface area contributed by atoms with Crippen LogP contribution in [0.2, 0.25) is 0 Å². The van der Waals surface area contributed by atoms with Crippen LogP contribution in [0.4, 0.5) is 10.1 Å². The van der Waals surface area contributed by atoms with Gasteiger partial charge in [0.15, 0.2) is 0 Å². The minimum Gasteiger partial charge on any atom is -0.507 e. The Bertz CT molecular complexity index is 1290. The summed E-state index contributed by atoms with van der Waals surface area (Å²) in [4.78, 5) is 27.9. The summed E-state index contributed by atoms with van der Waals surface area (Å²) >= 11 is 0. The van der Waals surface area contributed by atoms with E-state index in [1.54, 1.807) is 43.3 Å². The summed E-state index contributed by atoms with van der Waals surface area (Å²) < 4.78 is 19.6. The lowest BCUT2D eigenvalue weighted by molar-refractivity contribution is -0.132. The van der Waals surface area contributed by atoms with Crippen LogP contribution < -0.4 is 9.64 Å². The Morgan fingerprint density at radius 2 is 1.66 bits per heavy atom. The summed E-state index contributed by atoms with van der Waals surface area (Å²) in [6.45, 7) is 8.18. The van der Waals surface area contributed by atoms with Gasteiger partial charge in [0.25, 0.3) is 11.7 Å². The molecular weight excluding hydrogens is 445 g/mol. The van der Waals surface area contributed by atoms with Gasteiger partial charge in [-0.25, -0.2) is 4.39 Å². The molecule has 0 bridgehead atoms. The largest absolute Gasteiger partial charge is 0.507 e. The predicted octanol–water partition coefficient (Wildman–Crippen LogP) is 6.10. The lowest BCUT2D eigenvalue weighted by atomic mass is 9.94. The standard InChI is InChI=1S/C29H28FNO4/c1-17(2)16-35-23-12-7-20(8-13-23)26-25(27(32)21-9-14-24(30)19(4)15-21)28(33)29(34)31(26)22-10-5-18(3)6-11-22/h5-15,17,26,32H,16H2,1-4H3/b27-25-. The summed E-state index contributed by atoms with van der Waals surface area (Å²) in [5, 5.41) is 11.2. The maximum atomic E-state index is 13.8. The Balaban J connectivity index is 1.85. The molecule has 1 aliphatic rings. The highest BCUT2D eigenvalue weighted by molar-refractivity contribution is 6.51. The number of aliphatic hydroxyl groups excluding tert-OH is 1. The Morgan fingerprint density at radius 3 is 2.26 bits per heavy atom. The van der Waals surface area contributed by atoms with Gasteiger partial charge in [0, 0.05) is 11.3 Å². The number of ether oxygens (including phenoxy) is 1. The van der Waals surface area contributed by atoms with Crippen LogP contribution in [0.1, 0.15) is 42.1 Å². The maximum absolute atomic E-state index is 13.8. The van der Waals surface area contributed by atoms with Crippen molar-refractivity contribution in [3.8, 4) is 5.75 Å². The summed E-state index contributed by atoms with van der Waals surface area (Å²) in [6.07, 6.45) is 0. The molecule has 1 amide bonds. The van der Waals surface area contributed by atoms with Crippen molar-refractivity contribution in [2.75, 3.05) is 11.5 Å². The maximum Gasteiger partial charge on any atom is 0.300 e. The van der Waals surface area contributed by atoms with Gasteiger partial charge in [-0.3, -0.25) is 14.5 Å². The zero-order valence-electron chi connectivity index (χ0n) is 20.2. The van der Waals surface area contributed by atoms with Gasteiger partial charge in [0.2, 0.25) is 0 Å². The van der Waals surface area contributed by atoms with Crippen molar-refractivity contribution in [3.05, 3.63) is 100 Å². The first-order chi connectivity index (χ1) is 16.7. The van der Waals surface area contributed by atoms with Crippen molar-refractivity contribution < 1.29 is 23.8 Å². The van der Waals surface area contributed by atoms with Crippen LogP contribution in [0.25, 0.3) is 5.76 Å². The highest BCUT2D eigenvalue weighted by Gasteiger charge is 2.47. The zero-order valence-corrected chi connectivity index (χ0v) is 20.2. The van der Waals surface area contributed by atoms with Crippen LogP contribution in [0, 0.1) is 25.6 Å². The number of aryl methyl sites for hydroxylation is 2. The van der Waals surface area contributed by atoms with E-state index in [0.717, 1.165) is 5.56 Å². The van der Waals surface area contributed by atoms with Gasteiger partial charge in [-0.15, -0.1) is 0 Å². The molecule has 1 unspecified atom stereocenters. The van der Waals surface area contributed by atoms with E-state index >= 15 is 0 Å². The average molecular weight is 474 g/mol. The van der Waals surface area contributed by atoms with Crippen molar-refractivity contribution in [2.45, 2.75) is 33.7 Å². The lowest BCUT2D eigenvalue weighted by Crippen LogP contribution is -2.29. The lowest BCUT2D eigenvalue weighted by Gasteiger charge is -2.26. The molecule has 1 atom stereocenters. The van der Waals surface area contributed by atoms with E-state index in [1.165, 1.54) is 23.1 Å². The Labute approximate surface area is 204 Å². The molecule has 0 radical (unpaired) electrons. The van der Waals surface area contributed by atoms with Crippen LogP contribution >= 0.6 is 0 Å². The van der Waals surface area contributed by atoms with E-state index in [-0.39, 0.29) is 16.9 Å². The number of aliphatic hydroxyl groups is 1. The molecule has 6 heteroatoms. The summed E-state index contributed by atoms with van der Waals surface area (Å²) in [5.74, 6) is -1.26. The van der Waals surface area contributed by atoms with Crippen molar-refractivity contribution >= 4 is 23.1 Å². The van der Waals surface area contributed by atoms with Crippen LogP contribution in [0.3, 0.4) is 0 Å². The SMILES string of the molecule is Cc1ccc(N2C(=O)C(=O)/C(=C(\O)c3ccc(F)c(C)c3)C2c2ccc(OCC(C)C)cc2)cc1. The molecular formula is C29H28FNO4. The minimum atomic E-state index is -0.859. The first-order valence-electron chi connectivity index (χ1n) is 11.5. The molecule has 1 aliphatic heterocycles. The molecule has 3 aromatic rings. The number of hydrogen-bond donors (Lipinski definition) is 1. The zero-order chi connectivity index (χ0) is 25.3. The monoisotopic (exact) mass is 473 g/mol. The first-order valence-corrected chi connectivity index (χ1v) is 11.5. The van der Waals surface area contributed by atoms with Crippen LogP contribution in [-0.4, -0.2) is 23.4 Å². The number of carbonyl (C=O) groups excluding carboxylic acids is 2. The number of carbonyl (C=O) groups is 2. The van der Waals surface area contributed by atoms with E-state index in [0.29, 0.717) is 35.1 Å². The van der Waals surface area contributed by atoms with Crippen molar-refractivity contribution in [2.24, 2.45) is 5.92 Å². The molecule has 35 heavy (non-hydrogen) atoms. The van der Waals surface area contributed by atoms with Gasteiger partial charge in [0.1, 0.15) is 17.3 Å². The second-order valence-corrected chi connectivity index (χ2v) is 9.24. The van der Waals surface area contributed by atoms with Crippen LogP contribution in [-0.2, 0) is 9.59 Å². The normalized spacial score (nSPS) is 17.3. The highest BCUT2D eigenvalue weighted by atomic mass is 19.1. The fourth-order valence-electron chi connectivity index (χ4n) is 4.08. The number of nitrogens with zero attached hydrogens (tertiary/aromatic N) is 1. The van der Waals surface area contributed by atoms with E-state index in [2.05, 4.69) is 13.8 Å². The molecule has 1 fully saturated rings. The smallest absolute Gasteiger partial charge is 0.300 e. The van der Waals surface area contributed by atoms with Crippen molar-refractivity contribution in [1.82, 2.24) is 0 Å². The number of halogens is 1. The number of Topliss-reactive ketones (excluding diaryl/α,β-unsaturated/α-hetero) is 1. The van der Waals surface area contributed by atoms with E-state index in [1.807, 2.05) is 19.1 Å². The van der Waals surface area contributed by atoms with E-state index in [9.17, 15) is 19.1 Å². The van der Waals surface area contributed by atoms with Gasteiger partial charge in [-0.1, -0.05) is 43.7 Å². The third-order valence-corrected chi connectivity index (χ3v) is 5.97. The second kappa shape index (κ2) is 9.74. The van der Waals surface area contributed by atoms with Crippen molar-refractivity contribution in [3.63, 3.8) is 0 Å². The average Bonchev–Trinajstić information content (AvgIpc) is 3.10. The molecule has 0 aromatic heterocycles. The van der Waals surface area contributed by atoms with Gasteiger partial charge in [0.05, 0.1) is 18.2 Å². The molecule has 0 spiro atoms. The first kappa shape index (κ1) is 24.2. The fraction of sp³-hybridized carbons (Fsp3) is 0.241. The molecule has 180 valence electrons. The van der Waals surface area contributed by atoms with Crippen LogP contribution in [0.5, 0.6) is 5.75 Å². The minimum absolute atomic E-state index is 0.0440. The third kappa shape index (κ3) is 4.83. The molecule has 0 saturated carbocycles. The Hall–Kier alpha value is -3.93. The van der Waals surface area contributed by atoms with E-state index in [4.69, 9.17) is 4.74 Å². The van der Waals surface area contributed by atoms with Gasteiger partial charge in [-0.2, -0.15) is 0 Å².